The lowest BCUT2D eigenvalue weighted by molar-refractivity contribution is 0.823. The van der Waals surface area contributed by atoms with E-state index < -0.39 is 0 Å². The summed E-state index contributed by atoms with van der Waals surface area (Å²) >= 11 is 0. The molecule has 0 fully saturated rings. The van der Waals surface area contributed by atoms with E-state index in [9.17, 15) is 0 Å². The van der Waals surface area contributed by atoms with Crippen molar-refractivity contribution in [2.45, 2.75) is 0 Å². The van der Waals surface area contributed by atoms with Crippen molar-refractivity contribution < 1.29 is 11.0 Å². The molecule has 4 N–H and O–H groups in total. The minimum absolute atomic E-state index is 0. The summed E-state index contributed by atoms with van der Waals surface area (Å²) in [7, 11) is 0. The van der Waals surface area contributed by atoms with Gasteiger partial charge in [0, 0.05) is 0 Å². The molecule has 0 aliphatic heterocycles. The van der Waals surface area contributed by atoms with Crippen molar-refractivity contribution in [1.82, 2.24) is 0 Å². The van der Waals surface area contributed by atoms with Crippen molar-refractivity contribution in [2.75, 3.05) is 0 Å². The van der Waals surface area contributed by atoms with E-state index in [0.717, 1.165) is 0 Å². The molecule has 2 nitrogen and oxygen atoms in total. The summed E-state index contributed by atoms with van der Waals surface area (Å²) in [5, 5.41) is 0. The van der Waals surface area contributed by atoms with Crippen LogP contribution in [0.4, 0.5) is 0 Å². The zero-order valence-electron chi connectivity index (χ0n) is 5.88. The zero-order chi connectivity index (χ0) is 6.24. The molecule has 10 heavy (non-hydrogen) atoms. The monoisotopic (exact) mass is 142 g/mol. The van der Waals surface area contributed by atoms with Gasteiger partial charge in [-0.1, -0.05) is 36.4 Å². The largest absolute Gasteiger partial charge is 0.412 e. The molecule has 0 saturated carbocycles. The standard InChI is InChI=1S/C6H6.C2H4.2H2O/c1-2-4-6-5-3-1;1-2;;/h1-6H;1-2H2;2*1H2. The maximum absolute atomic E-state index is 3.00. The predicted molar refractivity (Wildman–Crippen MR) is 44.9 cm³/mol. The van der Waals surface area contributed by atoms with Gasteiger partial charge in [0.15, 0.2) is 0 Å². The Labute approximate surface area is 61.4 Å². The summed E-state index contributed by atoms with van der Waals surface area (Å²) in [5.74, 6) is 0. The molecule has 58 valence electrons. The Hall–Kier alpha value is -1.12. The molecule has 0 heterocycles. The first-order valence-electron chi connectivity index (χ1n) is 2.50. The molecule has 0 amide bonds. The van der Waals surface area contributed by atoms with Crippen LogP contribution in [0.5, 0.6) is 0 Å². The predicted octanol–water partition coefficient (Wildman–Crippen LogP) is 0.839. The number of hydrogen-bond donors (Lipinski definition) is 0. The molecule has 0 atom stereocenters. The van der Waals surface area contributed by atoms with Crippen molar-refractivity contribution in [3.8, 4) is 0 Å². The van der Waals surface area contributed by atoms with Gasteiger partial charge in [-0.3, -0.25) is 0 Å². The van der Waals surface area contributed by atoms with Crippen LogP contribution in [0.1, 0.15) is 0 Å². The maximum Gasteiger partial charge on any atom is -0.0623 e. The highest BCUT2D eigenvalue weighted by Crippen LogP contribution is 1.79. The Morgan fingerprint density at radius 1 is 0.500 bits per heavy atom. The summed E-state index contributed by atoms with van der Waals surface area (Å²) < 4.78 is 0. The average Bonchev–Trinajstić information content (AvgIpc) is 1.96. The molecule has 0 aliphatic rings. The molecule has 0 spiro atoms. The number of rotatable bonds is 0. The van der Waals surface area contributed by atoms with Crippen molar-refractivity contribution >= 4 is 0 Å². The van der Waals surface area contributed by atoms with E-state index in [1.54, 1.807) is 0 Å². The van der Waals surface area contributed by atoms with Crippen LogP contribution in [0.15, 0.2) is 49.6 Å². The van der Waals surface area contributed by atoms with E-state index >= 15 is 0 Å². The molecule has 0 saturated heterocycles. The summed E-state index contributed by atoms with van der Waals surface area (Å²) in [4.78, 5) is 0. The van der Waals surface area contributed by atoms with Crippen LogP contribution in [0.2, 0.25) is 0 Å². The smallest absolute Gasteiger partial charge is 0.0623 e. The topological polar surface area (TPSA) is 63.0 Å². The fourth-order valence-corrected chi connectivity index (χ4v) is 0.385. The third kappa shape index (κ3) is 9.99. The second-order valence-corrected chi connectivity index (χ2v) is 1.15. The van der Waals surface area contributed by atoms with E-state index in [1.807, 2.05) is 36.4 Å². The Morgan fingerprint density at radius 2 is 0.600 bits per heavy atom. The maximum atomic E-state index is 3.00. The van der Waals surface area contributed by atoms with Gasteiger partial charge < -0.3 is 11.0 Å². The van der Waals surface area contributed by atoms with E-state index in [4.69, 9.17) is 0 Å². The summed E-state index contributed by atoms with van der Waals surface area (Å²) in [6.45, 7) is 6.00. The van der Waals surface area contributed by atoms with Crippen LogP contribution < -0.4 is 0 Å². The third-order valence-electron chi connectivity index (χ3n) is 0.667. The number of benzene rings is 1. The molecule has 0 bridgehead atoms. The quantitative estimate of drug-likeness (QED) is 0.482. The first-order valence-corrected chi connectivity index (χ1v) is 2.50. The second kappa shape index (κ2) is 15.7. The van der Waals surface area contributed by atoms with Gasteiger partial charge in [0.05, 0.1) is 0 Å². The van der Waals surface area contributed by atoms with Gasteiger partial charge >= 0.3 is 0 Å². The van der Waals surface area contributed by atoms with E-state index in [-0.39, 0.29) is 11.0 Å². The normalized spacial score (nSPS) is 5.20. The van der Waals surface area contributed by atoms with Crippen LogP contribution in [0, 0.1) is 0 Å². The summed E-state index contributed by atoms with van der Waals surface area (Å²) in [6.07, 6.45) is 0. The molecular weight excluding hydrogens is 128 g/mol. The van der Waals surface area contributed by atoms with Crippen molar-refractivity contribution in [3.05, 3.63) is 49.6 Å². The molecule has 1 aromatic rings. The van der Waals surface area contributed by atoms with Crippen LogP contribution in [0.25, 0.3) is 0 Å². The summed E-state index contributed by atoms with van der Waals surface area (Å²) in [6, 6.07) is 12.0. The van der Waals surface area contributed by atoms with Crippen LogP contribution >= 0.6 is 0 Å². The molecule has 0 aliphatic carbocycles. The van der Waals surface area contributed by atoms with Gasteiger partial charge in [-0.05, 0) is 0 Å². The van der Waals surface area contributed by atoms with Crippen molar-refractivity contribution in [1.29, 1.82) is 0 Å². The van der Waals surface area contributed by atoms with Gasteiger partial charge in [-0.25, -0.2) is 0 Å². The molecule has 2 heteroatoms. The minimum Gasteiger partial charge on any atom is -0.412 e. The Morgan fingerprint density at radius 3 is 0.700 bits per heavy atom. The fraction of sp³-hybridized carbons (Fsp3) is 0. The molecule has 1 rings (SSSR count). The first kappa shape index (κ1) is 15.9. The highest BCUT2D eigenvalue weighted by atomic mass is 16.0. The highest BCUT2D eigenvalue weighted by Gasteiger charge is 1.57. The van der Waals surface area contributed by atoms with E-state index in [2.05, 4.69) is 13.2 Å². The Bertz CT molecular complexity index is 90.1. The van der Waals surface area contributed by atoms with Crippen LogP contribution in [0.3, 0.4) is 0 Å². The third-order valence-corrected chi connectivity index (χ3v) is 0.667. The van der Waals surface area contributed by atoms with Crippen LogP contribution in [-0.4, -0.2) is 11.0 Å². The minimum atomic E-state index is 0. The molecule has 0 unspecified atom stereocenters. The van der Waals surface area contributed by atoms with E-state index in [1.165, 1.54) is 0 Å². The Kier molecular flexibility index (Phi) is 25.0. The SMILES string of the molecule is C=C.O.O.c1ccccc1. The van der Waals surface area contributed by atoms with Gasteiger partial charge in [0.1, 0.15) is 0 Å². The summed E-state index contributed by atoms with van der Waals surface area (Å²) in [5.41, 5.74) is 0. The first-order chi connectivity index (χ1) is 4.00. The lowest BCUT2D eigenvalue weighted by atomic mass is 10.4. The fourth-order valence-electron chi connectivity index (χ4n) is 0.385. The van der Waals surface area contributed by atoms with Gasteiger partial charge in [0.2, 0.25) is 0 Å². The van der Waals surface area contributed by atoms with Crippen molar-refractivity contribution in [3.63, 3.8) is 0 Å². The number of hydrogen-bond acceptors (Lipinski definition) is 0. The lowest BCUT2D eigenvalue weighted by Crippen LogP contribution is -1.47. The van der Waals surface area contributed by atoms with E-state index in [0.29, 0.717) is 0 Å². The van der Waals surface area contributed by atoms with Gasteiger partial charge in [-0.15, -0.1) is 13.2 Å². The molecule has 0 radical (unpaired) electrons. The van der Waals surface area contributed by atoms with Gasteiger partial charge in [0.25, 0.3) is 0 Å². The lowest BCUT2D eigenvalue weighted by Gasteiger charge is -1.69. The Balaban J connectivity index is -0.000000114. The molecule has 1 aromatic carbocycles. The van der Waals surface area contributed by atoms with Crippen LogP contribution in [-0.2, 0) is 0 Å². The van der Waals surface area contributed by atoms with Crippen molar-refractivity contribution in [2.24, 2.45) is 0 Å². The molecular formula is C8H14O2. The molecule has 0 aromatic heterocycles. The second-order valence-electron chi connectivity index (χ2n) is 1.15. The highest BCUT2D eigenvalue weighted by molar-refractivity contribution is 4.99. The van der Waals surface area contributed by atoms with Gasteiger partial charge in [-0.2, -0.15) is 0 Å². The average molecular weight is 142 g/mol. The zero-order valence-corrected chi connectivity index (χ0v) is 5.88.